The summed E-state index contributed by atoms with van der Waals surface area (Å²) in [5.74, 6) is 1.74. The molecule has 2 bridgehead atoms. The summed E-state index contributed by atoms with van der Waals surface area (Å²) in [5.41, 5.74) is 0. The van der Waals surface area contributed by atoms with Crippen molar-refractivity contribution in [1.29, 1.82) is 0 Å². The Morgan fingerprint density at radius 2 is 2.00 bits per heavy atom. The molecule has 21 heavy (non-hydrogen) atoms. The fourth-order valence-corrected chi connectivity index (χ4v) is 4.01. The van der Waals surface area contributed by atoms with E-state index >= 15 is 0 Å². The number of carbonyl (C=O) groups excluding carboxylic acids is 1. The highest BCUT2D eigenvalue weighted by molar-refractivity contribution is 5.74. The number of aliphatic carboxylic acids is 1. The molecular weight excluding hydrogens is 268 g/mol. The lowest BCUT2D eigenvalue weighted by Crippen LogP contribution is -2.46. The third kappa shape index (κ3) is 4.61. The van der Waals surface area contributed by atoms with Crippen LogP contribution in [0, 0.1) is 23.7 Å². The number of urea groups is 1. The van der Waals surface area contributed by atoms with Gasteiger partial charge in [0.15, 0.2) is 0 Å². The number of rotatable bonds is 7. The molecule has 2 aliphatic rings. The zero-order chi connectivity index (χ0) is 15.4. The first-order chi connectivity index (χ1) is 9.95. The Labute approximate surface area is 126 Å². The summed E-state index contributed by atoms with van der Waals surface area (Å²) in [7, 11) is 0. The van der Waals surface area contributed by atoms with Crippen LogP contribution >= 0.6 is 0 Å². The van der Waals surface area contributed by atoms with Gasteiger partial charge in [-0.25, -0.2) is 4.79 Å². The molecule has 5 heteroatoms. The minimum absolute atomic E-state index is 0.118. The third-order valence-corrected chi connectivity index (χ3v) is 5.26. The number of hydrogen-bond donors (Lipinski definition) is 3. The van der Waals surface area contributed by atoms with Gasteiger partial charge in [0.05, 0.1) is 0 Å². The van der Waals surface area contributed by atoms with E-state index in [1.165, 1.54) is 25.7 Å². The first-order valence-electron chi connectivity index (χ1n) is 8.21. The van der Waals surface area contributed by atoms with E-state index in [1.807, 2.05) is 6.92 Å². The first-order valence-corrected chi connectivity index (χ1v) is 8.21. The summed E-state index contributed by atoms with van der Waals surface area (Å²) >= 11 is 0. The van der Waals surface area contributed by atoms with Gasteiger partial charge in [0, 0.05) is 19.0 Å². The van der Waals surface area contributed by atoms with Crippen LogP contribution in [0.1, 0.15) is 52.4 Å². The summed E-state index contributed by atoms with van der Waals surface area (Å²) < 4.78 is 0. The van der Waals surface area contributed by atoms with Crippen LogP contribution in [-0.4, -0.2) is 29.7 Å². The van der Waals surface area contributed by atoms with Crippen molar-refractivity contribution in [3.8, 4) is 0 Å². The van der Waals surface area contributed by atoms with Crippen LogP contribution in [0.2, 0.25) is 0 Å². The van der Waals surface area contributed by atoms with E-state index in [9.17, 15) is 9.59 Å². The second-order valence-electron chi connectivity index (χ2n) is 7.02. The highest BCUT2D eigenvalue weighted by Gasteiger charge is 2.42. The molecule has 2 rings (SSSR count). The maximum absolute atomic E-state index is 11.9. The predicted octanol–water partition coefficient (Wildman–Crippen LogP) is 2.61. The van der Waals surface area contributed by atoms with Gasteiger partial charge in [0.25, 0.3) is 0 Å². The Morgan fingerprint density at radius 1 is 1.24 bits per heavy atom. The molecule has 2 aliphatic carbocycles. The van der Waals surface area contributed by atoms with Crippen molar-refractivity contribution < 1.29 is 14.7 Å². The lowest BCUT2D eigenvalue weighted by Gasteiger charge is -2.28. The third-order valence-electron chi connectivity index (χ3n) is 5.26. The molecular formula is C16H28N2O3. The maximum atomic E-state index is 11.9. The second kappa shape index (κ2) is 7.14. The molecule has 120 valence electrons. The normalized spacial score (nSPS) is 29.9. The van der Waals surface area contributed by atoms with E-state index in [4.69, 9.17) is 5.11 Å². The molecule has 5 nitrogen and oxygen atoms in total. The summed E-state index contributed by atoms with van der Waals surface area (Å²) in [4.78, 5) is 22.4. The lowest BCUT2D eigenvalue weighted by molar-refractivity contribution is -0.137. The Morgan fingerprint density at radius 3 is 2.57 bits per heavy atom. The average Bonchev–Trinajstić information content (AvgIpc) is 3.05. The first kappa shape index (κ1) is 16.1. The molecule has 0 aromatic rings. The Kier molecular flexibility index (Phi) is 5.48. The van der Waals surface area contributed by atoms with E-state index in [0.717, 1.165) is 11.8 Å². The van der Waals surface area contributed by atoms with Crippen LogP contribution < -0.4 is 10.6 Å². The minimum atomic E-state index is -0.781. The molecule has 5 atom stereocenters. The van der Waals surface area contributed by atoms with Crippen LogP contribution in [0.3, 0.4) is 0 Å². The molecule has 0 spiro atoms. The van der Waals surface area contributed by atoms with E-state index in [2.05, 4.69) is 17.6 Å². The molecule has 0 aromatic carbocycles. The molecule has 3 N–H and O–H groups in total. The quantitative estimate of drug-likeness (QED) is 0.675. The van der Waals surface area contributed by atoms with Gasteiger partial charge in [-0.2, -0.15) is 0 Å². The molecule has 2 amide bonds. The second-order valence-corrected chi connectivity index (χ2v) is 7.02. The number of fused-ring (bicyclic) bond motifs is 2. The van der Waals surface area contributed by atoms with Crippen molar-refractivity contribution in [2.24, 2.45) is 23.7 Å². The minimum Gasteiger partial charge on any atom is -0.481 e. The van der Waals surface area contributed by atoms with Gasteiger partial charge < -0.3 is 15.7 Å². The van der Waals surface area contributed by atoms with E-state index in [0.29, 0.717) is 18.9 Å². The molecule has 0 aromatic heterocycles. The van der Waals surface area contributed by atoms with Crippen molar-refractivity contribution >= 4 is 12.0 Å². The SMILES string of the molecule is CC(CCC(=O)O)CNC(=O)NC(C)C1CC2CCC1C2. The highest BCUT2D eigenvalue weighted by atomic mass is 16.4. The predicted molar refractivity (Wildman–Crippen MR) is 81.0 cm³/mol. The van der Waals surface area contributed by atoms with Gasteiger partial charge in [-0.1, -0.05) is 13.3 Å². The number of nitrogens with one attached hydrogen (secondary N) is 2. The van der Waals surface area contributed by atoms with Gasteiger partial charge in [-0.3, -0.25) is 4.79 Å². The van der Waals surface area contributed by atoms with E-state index in [1.54, 1.807) is 0 Å². The van der Waals surface area contributed by atoms with Crippen molar-refractivity contribution in [2.45, 2.75) is 58.4 Å². The molecule has 2 fully saturated rings. The van der Waals surface area contributed by atoms with Crippen LogP contribution in [0.4, 0.5) is 4.79 Å². The standard InChI is InChI=1S/C16H28N2O3/c1-10(3-6-15(19)20)9-17-16(21)18-11(2)14-8-12-4-5-13(14)7-12/h10-14H,3-9H2,1-2H3,(H,19,20)(H2,17,18,21). The van der Waals surface area contributed by atoms with E-state index in [-0.39, 0.29) is 24.4 Å². The van der Waals surface area contributed by atoms with Crippen molar-refractivity contribution in [1.82, 2.24) is 10.6 Å². The largest absolute Gasteiger partial charge is 0.481 e. The summed E-state index contributed by atoms with van der Waals surface area (Å²) in [5, 5.41) is 14.6. The van der Waals surface area contributed by atoms with Gasteiger partial charge >= 0.3 is 12.0 Å². The topological polar surface area (TPSA) is 78.4 Å². The fourth-order valence-electron chi connectivity index (χ4n) is 4.01. The highest BCUT2D eigenvalue weighted by Crippen LogP contribution is 2.49. The van der Waals surface area contributed by atoms with Crippen LogP contribution in [0.25, 0.3) is 0 Å². The van der Waals surface area contributed by atoms with Crippen molar-refractivity contribution in [3.63, 3.8) is 0 Å². The smallest absolute Gasteiger partial charge is 0.315 e. The maximum Gasteiger partial charge on any atom is 0.315 e. The van der Waals surface area contributed by atoms with Crippen molar-refractivity contribution in [3.05, 3.63) is 0 Å². The molecule has 5 unspecified atom stereocenters. The Bertz CT molecular complexity index is 386. The monoisotopic (exact) mass is 296 g/mol. The van der Waals surface area contributed by atoms with Gasteiger partial charge in [0.2, 0.25) is 0 Å². The van der Waals surface area contributed by atoms with Gasteiger partial charge in [-0.15, -0.1) is 0 Å². The summed E-state index contributed by atoms with van der Waals surface area (Å²) in [6.07, 6.45) is 6.07. The van der Waals surface area contributed by atoms with Crippen LogP contribution in [-0.2, 0) is 4.79 Å². The molecule has 0 heterocycles. The number of carbonyl (C=O) groups is 2. The fraction of sp³-hybridized carbons (Fsp3) is 0.875. The average molecular weight is 296 g/mol. The lowest BCUT2D eigenvalue weighted by atomic mass is 9.84. The van der Waals surface area contributed by atoms with Gasteiger partial charge in [-0.05, 0) is 56.3 Å². The number of carboxylic acid groups (broad SMARTS) is 1. The summed E-state index contributed by atoms with van der Waals surface area (Å²) in [6.45, 7) is 4.60. The van der Waals surface area contributed by atoms with Crippen LogP contribution in [0.5, 0.6) is 0 Å². The summed E-state index contributed by atoms with van der Waals surface area (Å²) in [6, 6.07) is 0.113. The van der Waals surface area contributed by atoms with Crippen LogP contribution in [0.15, 0.2) is 0 Å². The molecule has 0 aliphatic heterocycles. The zero-order valence-corrected chi connectivity index (χ0v) is 13.1. The Hall–Kier alpha value is -1.26. The van der Waals surface area contributed by atoms with Gasteiger partial charge in [0.1, 0.15) is 0 Å². The number of carboxylic acids is 1. The van der Waals surface area contributed by atoms with Crippen molar-refractivity contribution in [2.75, 3.05) is 6.54 Å². The molecule has 0 radical (unpaired) electrons. The van der Waals surface area contributed by atoms with E-state index < -0.39 is 5.97 Å². The molecule has 0 saturated heterocycles. The number of hydrogen-bond acceptors (Lipinski definition) is 2. The molecule has 2 saturated carbocycles. The Balaban J connectivity index is 1.64. The number of amides is 2. The zero-order valence-electron chi connectivity index (χ0n) is 13.1.